The minimum atomic E-state index is 0.655. The number of allylic oxidation sites excluding steroid dienone is 1. The van der Waals surface area contributed by atoms with E-state index in [0.29, 0.717) is 6.61 Å². The zero-order valence-corrected chi connectivity index (χ0v) is 11.1. The van der Waals surface area contributed by atoms with Gasteiger partial charge in [0.05, 0.1) is 12.6 Å². The summed E-state index contributed by atoms with van der Waals surface area (Å²) in [7, 11) is 1.66. The lowest BCUT2D eigenvalue weighted by Crippen LogP contribution is -2.01. The molecule has 2 aromatic rings. The number of hydrogen-bond acceptors (Lipinski definition) is 3. The van der Waals surface area contributed by atoms with Gasteiger partial charge >= 0.3 is 0 Å². The third kappa shape index (κ3) is 2.55. The molecule has 0 fully saturated rings. The number of hydrogen-bond donors (Lipinski definition) is 0. The third-order valence-electron chi connectivity index (χ3n) is 3.44. The summed E-state index contributed by atoms with van der Waals surface area (Å²) >= 11 is 0. The van der Waals surface area contributed by atoms with Crippen molar-refractivity contribution in [2.45, 2.75) is 19.3 Å². The predicted molar refractivity (Wildman–Crippen MR) is 75.7 cm³/mol. The standard InChI is InChI=1S/C16H17NO2/c1-18-15-10-14-13(7-4-8-17-14)9-16(15)19-11-12-5-2-3-6-12/h4-5,7-10H,2-3,6,11H2,1H3. The second kappa shape index (κ2) is 5.31. The van der Waals surface area contributed by atoms with Crippen LogP contribution in [0.25, 0.3) is 10.9 Å². The summed E-state index contributed by atoms with van der Waals surface area (Å²) in [5.74, 6) is 1.53. The normalized spacial score (nSPS) is 14.5. The molecule has 0 aliphatic heterocycles. The molecule has 0 amide bonds. The van der Waals surface area contributed by atoms with Crippen LogP contribution in [0.1, 0.15) is 19.3 Å². The molecule has 19 heavy (non-hydrogen) atoms. The fourth-order valence-corrected chi connectivity index (χ4v) is 2.39. The van der Waals surface area contributed by atoms with Crippen LogP contribution < -0.4 is 9.47 Å². The van der Waals surface area contributed by atoms with Crippen LogP contribution in [0.5, 0.6) is 11.5 Å². The Kier molecular flexibility index (Phi) is 3.36. The summed E-state index contributed by atoms with van der Waals surface area (Å²) in [6.07, 6.45) is 7.63. The molecule has 1 aliphatic rings. The van der Waals surface area contributed by atoms with Gasteiger partial charge in [-0.1, -0.05) is 12.1 Å². The lowest BCUT2D eigenvalue weighted by Gasteiger charge is -2.12. The first-order valence-corrected chi connectivity index (χ1v) is 6.60. The number of ether oxygens (including phenoxy) is 2. The monoisotopic (exact) mass is 255 g/mol. The highest BCUT2D eigenvalue weighted by molar-refractivity contribution is 5.82. The SMILES string of the molecule is COc1cc2ncccc2cc1OCC1=CCCC1. The van der Waals surface area contributed by atoms with Crippen molar-refractivity contribution in [3.05, 3.63) is 42.1 Å². The van der Waals surface area contributed by atoms with E-state index in [2.05, 4.69) is 11.1 Å². The smallest absolute Gasteiger partial charge is 0.162 e. The highest BCUT2D eigenvalue weighted by atomic mass is 16.5. The van der Waals surface area contributed by atoms with Crippen molar-refractivity contribution >= 4 is 10.9 Å². The van der Waals surface area contributed by atoms with E-state index in [0.717, 1.165) is 28.8 Å². The van der Waals surface area contributed by atoms with Crippen molar-refractivity contribution in [3.8, 4) is 11.5 Å². The van der Waals surface area contributed by atoms with Gasteiger partial charge in [0.2, 0.25) is 0 Å². The van der Waals surface area contributed by atoms with E-state index in [4.69, 9.17) is 9.47 Å². The number of aromatic nitrogens is 1. The van der Waals surface area contributed by atoms with Crippen LogP contribution in [0.3, 0.4) is 0 Å². The number of rotatable bonds is 4. The minimum absolute atomic E-state index is 0.655. The molecule has 0 atom stereocenters. The van der Waals surface area contributed by atoms with Gasteiger partial charge in [0.15, 0.2) is 11.5 Å². The zero-order chi connectivity index (χ0) is 13.1. The number of pyridine rings is 1. The van der Waals surface area contributed by atoms with Gasteiger partial charge in [-0.3, -0.25) is 4.98 Å². The molecule has 0 saturated carbocycles. The Labute approximate surface area is 112 Å². The molecule has 3 rings (SSSR count). The molecule has 0 radical (unpaired) electrons. The van der Waals surface area contributed by atoms with Gasteiger partial charge in [0.25, 0.3) is 0 Å². The highest BCUT2D eigenvalue weighted by Crippen LogP contribution is 2.32. The summed E-state index contributed by atoms with van der Waals surface area (Å²) in [6.45, 7) is 0.655. The second-order valence-electron chi connectivity index (χ2n) is 4.74. The topological polar surface area (TPSA) is 31.4 Å². The van der Waals surface area contributed by atoms with Crippen LogP contribution in [0.2, 0.25) is 0 Å². The summed E-state index contributed by atoms with van der Waals surface area (Å²) in [6, 6.07) is 7.88. The van der Waals surface area contributed by atoms with Crippen LogP contribution in [-0.2, 0) is 0 Å². The van der Waals surface area contributed by atoms with E-state index in [1.165, 1.54) is 18.4 Å². The molecule has 0 saturated heterocycles. The van der Waals surface area contributed by atoms with E-state index in [1.807, 2.05) is 24.3 Å². The molecular weight excluding hydrogens is 238 g/mol. The Morgan fingerprint density at radius 1 is 1.26 bits per heavy atom. The fraction of sp³-hybridized carbons (Fsp3) is 0.312. The van der Waals surface area contributed by atoms with Crippen LogP contribution in [0.15, 0.2) is 42.1 Å². The Morgan fingerprint density at radius 3 is 3.00 bits per heavy atom. The summed E-state index contributed by atoms with van der Waals surface area (Å²) in [4.78, 5) is 4.32. The van der Waals surface area contributed by atoms with Gasteiger partial charge in [0, 0.05) is 17.6 Å². The van der Waals surface area contributed by atoms with Gasteiger partial charge in [-0.15, -0.1) is 0 Å². The van der Waals surface area contributed by atoms with E-state index >= 15 is 0 Å². The lowest BCUT2D eigenvalue weighted by atomic mass is 10.2. The average molecular weight is 255 g/mol. The first-order chi connectivity index (χ1) is 9.36. The largest absolute Gasteiger partial charge is 0.493 e. The molecule has 0 spiro atoms. The van der Waals surface area contributed by atoms with Gasteiger partial charge in [0.1, 0.15) is 6.61 Å². The van der Waals surface area contributed by atoms with Gasteiger partial charge in [-0.2, -0.15) is 0 Å². The van der Waals surface area contributed by atoms with Gasteiger partial charge < -0.3 is 9.47 Å². The van der Waals surface area contributed by atoms with Crippen molar-refractivity contribution in [2.75, 3.05) is 13.7 Å². The van der Waals surface area contributed by atoms with Crippen LogP contribution in [0, 0.1) is 0 Å². The molecule has 1 heterocycles. The zero-order valence-electron chi connectivity index (χ0n) is 11.1. The first kappa shape index (κ1) is 12.0. The van der Waals surface area contributed by atoms with Crippen LogP contribution >= 0.6 is 0 Å². The average Bonchev–Trinajstić information content (AvgIpc) is 2.97. The second-order valence-corrected chi connectivity index (χ2v) is 4.74. The molecule has 98 valence electrons. The van der Waals surface area contributed by atoms with Crippen molar-refractivity contribution in [2.24, 2.45) is 0 Å². The highest BCUT2D eigenvalue weighted by Gasteiger charge is 2.10. The summed E-state index contributed by atoms with van der Waals surface area (Å²) in [5.41, 5.74) is 2.31. The predicted octanol–water partition coefficient (Wildman–Crippen LogP) is 3.73. The Morgan fingerprint density at radius 2 is 2.21 bits per heavy atom. The lowest BCUT2D eigenvalue weighted by molar-refractivity contribution is 0.318. The Bertz CT molecular complexity index is 619. The quantitative estimate of drug-likeness (QED) is 0.780. The van der Waals surface area contributed by atoms with E-state index < -0.39 is 0 Å². The van der Waals surface area contributed by atoms with E-state index in [-0.39, 0.29) is 0 Å². The van der Waals surface area contributed by atoms with Crippen molar-refractivity contribution in [1.82, 2.24) is 4.98 Å². The number of nitrogens with zero attached hydrogens (tertiary/aromatic N) is 1. The van der Waals surface area contributed by atoms with E-state index in [9.17, 15) is 0 Å². The molecule has 1 aromatic heterocycles. The maximum absolute atomic E-state index is 5.90. The van der Waals surface area contributed by atoms with Gasteiger partial charge in [-0.05, 0) is 37.0 Å². The first-order valence-electron chi connectivity index (χ1n) is 6.60. The molecule has 3 heteroatoms. The third-order valence-corrected chi connectivity index (χ3v) is 3.44. The molecule has 0 unspecified atom stereocenters. The Hall–Kier alpha value is -2.03. The van der Waals surface area contributed by atoms with Crippen molar-refractivity contribution in [3.63, 3.8) is 0 Å². The molecule has 1 aromatic carbocycles. The molecule has 0 bridgehead atoms. The molecular formula is C16H17NO2. The van der Waals surface area contributed by atoms with E-state index in [1.54, 1.807) is 13.3 Å². The summed E-state index contributed by atoms with van der Waals surface area (Å²) in [5, 5.41) is 1.07. The van der Waals surface area contributed by atoms with Crippen LogP contribution in [0.4, 0.5) is 0 Å². The number of methoxy groups -OCH3 is 1. The summed E-state index contributed by atoms with van der Waals surface area (Å²) < 4.78 is 11.3. The van der Waals surface area contributed by atoms with Crippen molar-refractivity contribution < 1.29 is 9.47 Å². The maximum atomic E-state index is 5.90. The maximum Gasteiger partial charge on any atom is 0.162 e. The molecule has 3 nitrogen and oxygen atoms in total. The number of benzene rings is 1. The number of fused-ring (bicyclic) bond motifs is 1. The van der Waals surface area contributed by atoms with Crippen molar-refractivity contribution in [1.29, 1.82) is 0 Å². The molecule has 0 N–H and O–H groups in total. The molecule has 1 aliphatic carbocycles. The fourth-order valence-electron chi connectivity index (χ4n) is 2.39. The Balaban J connectivity index is 1.87. The minimum Gasteiger partial charge on any atom is -0.493 e. The van der Waals surface area contributed by atoms with Crippen LogP contribution in [-0.4, -0.2) is 18.7 Å². The van der Waals surface area contributed by atoms with Gasteiger partial charge in [-0.25, -0.2) is 0 Å².